The van der Waals surface area contributed by atoms with Gasteiger partial charge in [0.25, 0.3) is 0 Å². The van der Waals surface area contributed by atoms with Crippen molar-refractivity contribution in [3.8, 4) is 0 Å². The fourth-order valence-corrected chi connectivity index (χ4v) is 1.29. The Balaban J connectivity index is 0.000000441. The maximum atomic E-state index is 10.6. The van der Waals surface area contributed by atoms with Crippen molar-refractivity contribution in [3.05, 3.63) is 34.9 Å². The lowest BCUT2D eigenvalue weighted by Crippen LogP contribution is -2.03. The van der Waals surface area contributed by atoms with Crippen LogP contribution < -0.4 is 0 Å². The fraction of sp³-hybridized carbons (Fsp3) is 0.286. The molecule has 108 valence electrons. The Morgan fingerprint density at radius 3 is 2.10 bits per heavy atom. The first-order valence-electron chi connectivity index (χ1n) is 5.88. The van der Waals surface area contributed by atoms with Gasteiger partial charge in [-0.25, -0.2) is 9.59 Å². The summed E-state index contributed by atoms with van der Waals surface area (Å²) in [5.74, 6) is -2.54. The normalized spacial score (nSPS) is 9.10. The highest BCUT2D eigenvalue weighted by molar-refractivity contribution is 6.24. The maximum absolute atomic E-state index is 10.6. The first-order chi connectivity index (χ1) is 9.33. The Morgan fingerprint density at radius 1 is 1.15 bits per heavy atom. The summed E-state index contributed by atoms with van der Waals surface area (Å²) in [5, 5.41) is 17.3. The molecule has 0 saturated carbocycles. The van der Waals surface area contributed by atoms with E-state index in [4.69, 9.17) is 10.2 Å². The second-order valence-corrected chi connectivity index (χ2v) is 3.97. The summed E-state index contributed by atoms with van der Waals surface area (Å²) >= 11 is 0. The summed E-state index contributed by atoms with van der Waals surface area (Å²) in [5.41, 5.74) is 0.570. The number of carbonyl (C=O) groups is 4. The third-order valence-corrected chi connectivity index (χ3v) is 2.34. The first-order valence-corrected chi connectivity index (χ1v) is 5.88. The minimum Gasteiger partial charge on any atom is -0.478 e. The molecule has 0 atom stereocenters. The van der Waals surface area contributed by atoms with Gasteiger partial charge in [-0.2, -0.15) is 0 Å². The standard InChI is InChI=1S/C9H8O4.C5H8O2/c1-5-2-3-6(8(10)11)4-7(5)9(12)13;1-2-3-5(7)4-6/h2-4H,1H3,(H,10,11)(H,12,13);4H,2-3H2,1H3. The molecule has 0 unspecified atom stereocenters. The smallest absolute Gasteiger partial charge is 0.335 e. The zero-order valence-electron chi connectivity index (χ0n) is 11.3. The second kappa shape index (κ2) is 8.58. The van der Waals surface area contributed by atoms with Crippen LogP contribution in [0.3, 0.4) is 0 Å². The van der Waals surface area contributed by atoms with E-state index < -0.39 is 11.9 Å². The molecule has 0 heterocycles. The minimum absolute atomic E-state index is 0.0111. The molecule has 6 heteroatoms. The average molecular weight is 280 g/mol. The Hall–Kier alpha value is -2.50. The molecule has 20 heavy (non-hydrogen) atoms. The van der Waals surface area contributed by atoms with Crippen LogP contribution in [0.5, 0.6) is 0 Å². The van der Waals surface area contributed by atoms with Crippen molar-refractivity contribution < 1.29 is 29.4 Å². The fourth-order valence-electron chi connectivity index (χ4n) is 1.29. The van der Waals surface area contributed by atoms with Gasteiger partial charge in [-0.05, 0) is 31.0 Å². The molecule has 0 aliphatic rings. The number of aldehydes is 1. The Labute approximate surface area is 116 Å². The van der Waals surface area contributed by atoms with E-state index in [2.05, 4.69) is 0 Å². The van der Waals surface area contributed by atoms with Crippen molar-refractivity contribution in [2.75, 3.05) is 0 Å². The van der Waals surface area contributed by atoms with Crippen LogP contribution in [0.15, 0.2) is 18.2 Å². The molecule has 0 amide bonds. The molecule has 0 aliphatic carbocycles. The molecule has 1 aromatic carbocycles. The van der Waals surface area contributed by atoms with Crippen LogP contribution in [0.4, 0.5) is 0 Å². The van der Waals surface area contributed by atoms with E-state index in [0.717, 1.165) is 12.5 Å². The zero-order chi connectivity index (χ0) is 15.7. The van der Waals surface area contributed by atoms with Gasteiger partial charge in [0.15, 0.2) is 12.1 Å². The summed E-state index contributed by atoms with van der Waals surface area (Å²) in [4.78, 5) is 40.7. The number of aryl methyl sites for hydroxylation is 1. The molecular formula is C14H16O6. The van der Waals surface area contributed by atoms with E-state index >= 15 is 0 Å². The molecular weight excluding hydrogens is 264 g/mol. The molecule has 0 fully saturated rings. The maximum Gasteiger partial charge on any atom is 0.335 e. The molecule has 0 radical (unpaired) electrons. The van der Waals surface area contributed by atoms with Crippen LogP contribution in [-0.4, -0.2) is 34.2 Å². The highest BCUT2D eigenvalue weighted by atomic mass is 16.4. The monoisotopic (exact) mass is 280 g/mol. The van der Waals surface area contributed by atoms with Crippen molar-refractivity contribution >= 4 is 24.0 Å². The SMILES string of the molecule is CCCC(=O)C=O.Cc1ccc(C(=O)O)cc1C(=O)O. The minimum atomic E-state index is -1.12. The van der Waals surface area contributed by atoms with E-state index in [1.165, 1.54) is 12.1 Å². The van der Waals surface area contributed by atoms with Crippen LogP contribution in [0.1, 0.15) is 46.0 Å². The zero-order valence-corrected chi connectivity index (χ0v) is 11.3. The van der Waals surface area contributed by atoms with Crippen molar-refractivity contribution in [1.29, 1.82) is 0 Å². The van der Waals surface area contributed by atoms with Gasteiger partial charge in [-0.15, -0.1) is 0 Å². The summed E-state index contributed by atoms with van der Waals surface area (Å²) < 4.78 is 0. The summed E-state index contributed by atoms with van der Waals surface area (Å²) in [7, 11) is 0. The number of hydrogen-bond acceptors (Lipinski definition) is 4. The van der Waals surface area contributed by atoms with Gasteiger partial charge in [-0.3, -0.25) is 9.59 Å². The molecule has 6 nitrogen and oxygen atoms in total. The molecule has 2 N–H and O–H groups in total. The third kappa shape index (κ3) is 5.90. The summed E-state index contributed by atoms with van der Waals surface area (Å²) in [6, 6.07) is 4.01. The van der Waals surface area contributed by atoms with Gasteiger partial charge >= 0.3 is 11.9 Å². The first kappa shape index (κ1) is 17.5. The van der Waals surface area contributed by atoms with Crippen molar-refractivity contribution in [3.63, 3.8) is 0 Å². The van der Waals surface area contributed by atoms with Crippen molar-refractivity contribution in [1.82, 2.24) is 0 Å². The van der Waals surface area contributed by atoms with Crippen LogP contribution >= 0.6 is 0 Å². The predicted octanol–water partition coefficient (Wildman–Crippen LogP) is 1.95. The van der Waals surface area contributed by atoms with Gasteiger partial charge in [-0.1, -0.05) is 13.0 Å². The number of hydrogen-bond donors (Lipinski definition) is 2. The van der Waals surface area contributed by atoms with Crippen LogP contribution in [0.25, 0.3) is 0 Å². The van der Waals surface area contributed by atoms with Crippen molar-refractivity contribution in [2.24, 2.45) is 0 Å². The van der Waals surface area contributed by atoms with E-state index in [1.54, 1.807) is 6.92 Å². The molecule has 0 spiro atoms. The van der Waals surface area contributed by atoms with Gasteiger partial charge in [0.2, 0.25) is 0 Å². The van der Waals surface area contributed by atoms with Gasteiger partial charge in [0.1, 0.15) is 0 Å². The second-order valence-electron chi connectivity index (χ2n) is 3.97. The van der Waals surface area contributed by atoms with E-state index in [1.807, 2.05) is 6.92 Å². The number of rotatable bonds is 5. The molecule has 0 saturated heterocycles. The number of Topliss-reactive ketones (excluding diaryl/α,β-unsaturated/α-hetero) is 1. The number of ketones is 1. The highest BCUT2D eigenvalue weighted by Gasteiger charge is 2.10. The number of carboxylic acids is 2. The molecule has 1 aromatic rings. The average Bonchev–Trinajstić information content (AvgIpc) is 2.39. The lowest BCUT2D eigenvalue weighted by molar-refractivity contribution is -0.129. The highest BCUT2D eigenvalue weighted by Crippen LogP contribution is 2.11. The Bertz CT molecular complexity index is 518. The largest absolute Gasteiger partial charge is 0.478 e. The Morgan fingerprint density at radius 2 is 1.75 bits per heavy atom. The van der Waals surface area contributed by atoms with E-state index in [-0.39, 0.29) is 16.9 Å². The van der Waals surface area contributed by atoms with Crippen molar-refractivity contribution in [2.45, 2.75) is 26.7 Å². The lowest BCUT2D eigenvalue weighted by Gasteiger charge is -2.01. The van der Waals surface area contributed by atoms with Crippen LogP contribution in [0, 0.1) is 6.92 Å². The number of aromatic carboxylic acids is 2. The van der Waals surface area contributed by atoms with Gasteiger partial charge in [0, 0.05) is 6.42 Å². The number of carboxylic acid groups (broad SMARTS) is 2. The molecule has 1 rings (SSSR count). The predicted molar refractivity (Wildman–Crippen MR) is 71.1 cm³/mol. The number of carbonyl (C=O) groups excluding carboxylic acids is 2. The van der Waals surface area contributed by atoms with Gasteiger partial charge in [0.05, 0.1) is 11.1 Å². The van der Waals surface area contributed by atoms with E-state index in [0.29, 0.717) is 18.3 Å². The van der Waals surface area contributed by atoms with Gasteiger partial charge < -0.3 is 10.2 Å². The quantitative estimate of drug-likeness (QED) is 0.630. The number of benzene rings is 1. The lowest BCUT2D eigenvalue weighted by atomic mass is 10.1. The molecule has 0 aliphatic heterocycles. The van der Waals surface area contributed by atoms with Crippen LogP contribution in [0.2, 0.25) is 0 Å². The summed E-state index contributed by atoms with van der Waals surface area (Å²) in [6.45, 7) is 3.48. The van der Waals surface area contributed by atoms with E-state index in [9.17, 15) is 19.2 Å². The summed E-state index contributed by atoms with van der Waals surface area (Å²) in [6.07, 6.45) is 1.52. The topological polar surface area (TPSA) is 109 Å². The van der Waals surface area contributed by atoms with Crippen LogP contribution in [-0.2, 0) is 9.59 Å². The molecule has 0 aromatic heterocycles. The molecule has 0 bridgehead atoms. The third-order valence-electron chi connectivity index (χ3n) is 2.34. The Kier molecular flexibility index (Phi) is 7.50.